The number of hydrogen-bond donors (Lipinski definition) is 3. The highest BCUT2D eigenvalue weighted by atomic mass is 16.5. The van der Waals surface area contributed by atoms with Crippen LogP contribution in [0.5, 0.6) is 57.5 Å². The first kappa shape index (κ1) is 78.7. The van der Waals surface area contributed by atoms with Crippen molar-refractivity contribution >= 4 is 0 Å². The molecule has 0 aliphatic heterocycles. The third-order valence-corrected chi connectivity index (χ3v) is 18.9. The average Bonchev–Trinajstić information content (AvgIpc) is 0.793. The fourth-order valence-corrected chi connectivity index (χ4v) is 11.8. The number of rotatable bonds is 43. The van der Waals surface area contributed by atoms with E-state index in [0.29, 0.717) is 131 Å². The molecule has 0 saturated carbocycles. The van der Waals surface area contributed by atoms with Gasteiger partial charge in [0, 0.05) is 35.4 Å². The molecule has 0 spiro atoms. The van der Waals surface area contributed by atoms with Crippen LogP contribution in [-0.2, 0) is 0 Å². The van der Waals surface area contributed by atoms with E-state index in [9.17, 15) is 15.3 Å². The van der Waals surface area contributed by atoms with Crippen LogP contribution < -0.4 is 33.2 Å². The number of phenolic OH excluding ortho intramolecular Hbond substituents is 3. The number of phenols is 3. The number of unbranched alkanes of at least 4 members (excludes halogenated alkanes) is 5. The second kappa shape index (κ2) is 42.4. The van der Waals surface area contributed by atoms with Crippen molar-refractivity contribution in [2.45, 2.75) is 198 Å². The number of nitrogens with zero attached hydrogens (tertiary/aromatic N) is 6. The molecule has 0 fully saturated rings. The number of benzene rings is 6. The van der Waals surface area contributed by atoms with E-state index >= 15 is 0 Å². The maximum Gasteiger partial charge on any atom is 0.167 e. The predicted octanol–water partition coefficient (Wildman–Crippen LogP) is 21.9. The second-order valence-electron chi connectivity index (χ2n) is 26.4. The largest absolute Gasteiger partial charge is 0.507 e. The van der Waals surface area contributed by atoms with Crippen molar-refractivity contribution in [1.29, 1.82) is 0 Å². The number of aromatic hydroxyl groups is 3. The van der Waals surface area contributed by atoms with Gasteiger partial charge in [0.25, 0.3) is 0 Å². The van der Waals surface area contributed by atoms with Crippen molar-refractivity contribution in [1.82, 2.24) is 29.9 Å². The minimum absolute atomic E-state index is 0.00143. The van der Waals surface area contributed by atoms with Gasteiger partial charge in [0.15, 0.2) is 34.9 Å². The molecule has 0 aliphatic carbocycles. The molecule has 2 heterocycles. The summed E-state index contributed by atoms with van der Waals surface area (Å²) in [6.07, 6.45) is 22.6. The SMILES string of the molecule is CCCCC(CC)COc1ccc(-c2nc(-c3ccc(OC)cc3)nc(-c3ccc(OCC(CC)CCCC)cc3O)n2)c(O)c1.CCCCC(CC)COc1ccc(-c2nc(-c3ccc(OC)cc3)nc(-c3ccc(OCC(CC)CCCC)cc3OCC(CC)CCCC)n2)c(O)c1. The third kappa shape index (κ3) is 24.0. The van der Waals surface area contributed by atoms with Gasteiger partial charge in [0.05, 0.1) is 69.5 Å². The molecule has 0 amide bonds. The molecular weight excluding hydrogens is 1250 g/mol. The topological polar surface area (TPSA) is 203 Å². The van der Waals surface area contributed by atoms with Crippen molar-refractivity contribution in [3.05, 3.63) is 121 Å². The van der Waals surface area contributed by atoms with Gasteiger partial charge >= 0.3 is 0 Å². The first-order chi connectivity index (χ1) is 48.7. The Morgan fingerprint density at radius 1 is 0.280 bits per heavy atom. The molecule has 16 nitrogen and oxygen atoms in total. The third-order valence-electron chi connectivity index (χ3n) is 18.9. The fraction of sp³-hybridized carbons (Fsp3) is 0.500. The standard InChI is InChI=1S/C46H65N3O5.C38H49N3O5/c1-8-14-17-33(11-4)30-52-38-24-26-40(42(50)28-38)45-47-44(36-20-22-37(51-7)23-21-36)48-46(49-45)41-27-25-39(53-31-34(12-5)18-15-9-2)29-43(41)54-32-35(13-6)19-16-10-3;1-6-10-12-26(8-3)24-45-30-18-20-32(34(42)22-30)37-39-36(28-14-16-29(44-5)17-15-28)40-38(41-37)33-21-19-31(23-35(33)43)46-25-27(9-4)13-11-7-2/h20-29,33-35,50H,8-19,30-32H2,1-7H3;14-23,26-27,42-43H,6-13,24-25H2,1-5H3. The van der Waals surface area contributed by atoms with E-state index < -0.39 is 0 Å². The molecule has 8 aromatic rings. The lowest BCUT2D eigenvalue weighted by Crippen LogP contribution is -2.13. The average molecular weight is 1370 g/mol. The fourth-order valence-electron chi connectivity index (χ4n) is 11.8. The van der Waals surface area contributed by atoms with Crippen molar-refractivity contribution in [2.24, 2.45) is 29.6 Å². The predicted molar refractivity (Wildman–Crippen MR) is 404 cm³/mol. The van der Waals surface area contributed by atoms with Gasteiger partial charge in [-0.1, -0.05) is 166 Å². The summed E-state index contributed by atoms with van der Waals surface area (Å²) in [4.78, 5) is 29.0. The molecule has 0 saturated heterocycles. The maximum absolute atomic E-state index is 11.4. The Bertz CT molecular complexity index is 3590. The Labute approximate surface area is 597 Å². The van der Waals surface area contributed by atoms with Crippen molar-refractivity contribution < 1.29 is 48.5 Å². The molecule has 3 N–H and O–H groups in total. The van der Waals surface area contributed by atoms with E-state index in [1.165, 1.54) is 44.9 Å². The van der Waals surface area contributed by atoms with Crippen LogP contribution in [0.15, 0.2) is 121 Å². The van der Waals surface area contributed by atoms with Gasteiger partial charge in [0.1, 0.15) is 57.5 Å². The lowest BCUT2D eigenvalue weighted by Gasteiger charge is -2.20. The maximum atomic E-state index is 11.4. The molecule has 5 atom stereocenters. The van der Waals surface area contributed by atoms with E-state index in [0.717, 1.165) is 112 Å². The van der Waals surface area contributed by atoms with Crippen molar-refractivity contribution in [3.63, 3.8) is 0 Å². The summed E-state index contributed by atoms with van der Waals surface area (Å²) in [6, 6.07) is 36.7. The van der Waals surface area contributed by atoms with Gasteiger partial charge in [-0.2, -0.15) is 0 Å². The van der Waals surface area contributed by atoms with Crippen LogP contribution in [0.25, 0.3) is 68.3 Å². The molecule has 540 valence electrons. The molecule has 100 heavy (non-hydrogen) atoms. The minimum Gasteiger partial charge on any atom is -0.507 e. The highest BCUT2D eigenvalue weighted by Crippen LogP contribution is 2.40. The molecule has 0 bridgehead atoms. The van der Waals surface area contributed by atoms with Gasteiger partial charge in [-0.3, -0.25) is 0 Å². The van der Waals surface area contributed by atoms with Crippen LogP contribution in [-0.4, -0.2) is 92.5 Å². The number of hydrogen-bond acceptors (Lipinski definition) is 16. The summed E-state index contributed by atoms with van der Waals surface area (Å²) in [5.74, 6) is 9.30. The van der Waals surface area contributed by atoms with E-state index in [1.54, 1.807) is 44.6 Å². The summed E-state index contributed by atoms with van der Waals surface area (Å²) in [5, 5.41) is 33.6. The first-order valence-corrected chi connectivity index (χ1v) is 37.3. The van der Waals surface area contributed by atoms with Crippen LogP contribution in [0.2, 0.25) is 0 Å². The molecule has 5 unspecified atom stereocenters. The smallest absolute Gasteiger partial charge is 0.167 e. The molecule has 2 aromatic heterocycles. The van der Waals surface area contributed by atoms with Crippen LogP contribution in [0.1, 0.15) is 198 Å². The van der Waals surface area contributed by atoms with Gasteiger partial charge < -0.3 is 48.5 Å². The molecule has 16 heteroatoms. The van der Waals surface area contributed by atoms with Crippen LogP contribution in [0.3, 0.4) is 0 Å². The van der Waals surface area contributed by atoms with Gasteiger partial charge in [-0.15, -0.1) is 0 Å². The lowest BCUT2D eigenvalue weighted by molar-refractivity contribution is 0.223. The van der Waals surface area contributed by atoms with Gasteiger partial charge in [0.2, 0.25) is 0 Å². The Balaban J connectivity index is 0.000000284. The molecule has 8 rings (SSSR count). The van der Waals surface area contributed by atoms with Crippen LogP contribution in [0, 0.1) is 29.6 Å². The van der Waals surface area contributed by atoms with Gasteiger partial charge in [-0.05, 0) is 159 Å². The molecule has 0 radical (unpaired) electrons. The zero-order valence-corrected chi connectivity index (χ0v) is 62.0. The van der Waals surface area contributed by atoms with E-state index in [2.05, 4.69) is 69.2 Å². The monoisotopic (exact) mass is 1370 g/mol. The molecule has 6 aromatic carbocycles. The molecular formula is C84H114N6O10. The number of methoxy groups -OCH3 is 2. The Hall–Kier alpha value is -8.66. The van der Waals surface area contributed by atoms with E-state index in [-0.39, 0.29) is 28.9 Å². The Morgan fingerprint density at radius 2 is 0.520 bits per heavy atom. The van der Waals surface area contributed by atoms with E-state index in [1.807, 2.05) is 91.0 Å². The number of aromatic nitrogens is 6. The Morgan fingerprint density at radius 3 is 0.780 bits per heavy atom. The zero-order chi connectivity index (χ0) is 71.6. The number of ether oxygens (including phenoxy) is 7. The Kier molecular flexibility index (Phi) is 33.4. The normalized spacial score (nSPS) is 12.7. The zero-order valence-electron chi connectivity index (χ0n) is 62.0. The van der Waals surface area contributed by atoms with Crippen molar-refractivity contribution in [2.75, 3.05) is 47.3 Å². The summed E-state index contributed by atoms with van der Waals surface area (Å²) in [5.41, 5.74) is 3.62. The lowest BCUT2D eigenvalue weighted by atomic mass is 10.0. The minimum atomic E-state index is -0.00143. The highest BCUT2D eigenvalue weighted by molar-refractivity contribution is 5.75. The summed E-state index contributed by atoms with van der Waals surface area (Å²) in [7, 11) is 3.26. The van der Waals surface area contributed by atoms with E-state index in [4.69, 9.17) is 63.1 Å². The van der Waals surface area contributed by atoms with Crippen LogP contribution >= 0.6 is 0 Å². The summed E-state index contributed by atoms with van der Waals surface area (Å²) >= 11 is 0. The highest BCUT2D eigenvalue weighted by Gasteiger charge is 2.23. The van der Waals surface area contributed by atoms with Crippen LogP contribution in [0.4, 0.5) is 0 Å². The quantitative estimate of drug-likeness (QED) is 0.0325. The molecule has 0 aliphatic rings. The first-order valence-electron chi connectivity index (χ1n) is 37.3. The second-order valence-corrected chi connectivity index (χ2v) is 26.4. The summed E-state index contributed by atoms with van der Waals surface area (Å²) in [6.45, 7) is 25.1. The van der Waals surface area contributed by atoms with Crippen molar-refractivity contribution in [3.8, 4) is 126 Å². The summed E-state index contributed by atoms with van der Waals surface area (Å²) < 4.78 is 42.1. The van der Waals surface area contributed by atoms with Gasteiger partial charge in [-0.25, -0.2) is 29.9 Å².